The van der Waals surface area contributed by atoms with Gasteiger partial charge in [0.1, 0.15) is 0 Å². The lowest BCUT2D eigenvalue weighted by Crippen LogP contribution is -2.34. The molecule has 6 heterocycles. The first-order valence-corrected chi connectivity index (χ1v) is 15.2. The molecule has 0 aliphatic carbocycles. The van der Waals surface area contributed by atoms with E-state index in [0.717, 1.165) is 62.4 Å². The van der Waals surface area contributed by atoms with Crippen LogP contribution >= 0.6 is 0 Å². The van der Waals surface area contributed by atoms with Gasteiger partial charge in [0.05, 0.1) is 19.0 Å². The Morgan fingerprint density at radius 3 is 2.43 bits per heavy atom. The molecule has 3 saturated heterocycles. The van der Waals surface area contributed by atoms with Crippen molar-refractivity contribution in [2.75, 3.05) is 56.2 Å². The van der Waals surface area contributed by atoms with Gasteiger partial charge in [-0.05, 0) is 49.4 Å². The third kappa shape index (κ3) is 4.89. The van der Waals surface area contributed by atoms with Gasteiger partial charge < -0.3 is 24.5 Å². The minimum atomic E-state index is -1.09. The van der Waals surface area contributed by atoms with E-state index in [4.69, 9.17) is 4.74 Å². The molecule has 0 bridgehead atoms. The molecule has 1 amide bonds. The lowest BCUT2D eigenvalue weighted by molar-refractivity contribution is 0.0688. The first-order chi connectivity index (χ1) is 21.1. The van der Waals surface area contributed by atoms with Crippen molar-refractivity contribution >= 4 is 28.9 Å². The van der Waals surface area contributed by atoms with Crippen LogP contribution in [0.5, 0.6) is 5.88 Å². The summed E-state index contributed by atoms with van der Waals surface area (Å²) in [7, 11) is 1.48. The van der Waals surface area contributed by atoms with Crippen molar-refractivity contribution in [1.29, 1.82) is 0 Å². The molecule has 11 nitrogen and oxygen atoms in total. The van der Waals surface area contributed by atoms with Crippen LogP contribution < -0.4 is 14.5 Å². The lowest BCUT2D eigenvalue weighted by atomic mass is 9.82. The summed E-state index contributed by atoms with van der Waals surface area (Å²) in [6.45, 7) is 8.96. The minimum Gasteiger partial charge on any atom is -0.481 e. The summed E-state index contributed by atoms with van der Waals surface area (Å²) in [6, 6.07) is 16.2. The third-order valence-corrected chi connectivity index (χ3v) is 9.85. The Bertz CT molecular complexity index is 1760. The van der Waals surface area contributed by atoms with Gasteiger partial charge in [-0.15, -0.1) is 5.10 Å². The molecular weight excluding hydrogens is 558 g/mol. The van der Waals surface area contributed by atoms with Crippen molar-refractivity contribution in [2.24, 2.45) is 5.41 Å². The van der Waals surface area contributed by atoms with E-state index in [1.165, 1.54) is 12.7 Å². The molecule has 7 rings (SSSR count). The first-order valence-electron chi connectivity index (χ1n) is 15.2. The SMILES string of the molecule is COc1cc(N2CCC3(CCN(C(=O)c4nc5c(C)cc(N6CC[C@](C)(c7ccccc7)C6)cn5n4)C3)C2)cc(C(=O)O)n1. The highest BCUT2D eigenvalue weighted by Crippen LogP contribution is 2.42. The average molecular weight is 596 g/mol. The highest BCUT2D eigenvalue weighted by molar-refractivity contribution is 5.91. The average Bonchev–Trinajstić information content (AvgIpc) is 3.84. The van der Waals surface area contributed by atoms with E-state index >= 15 is 0 Å². The number of likely N-dealkylation sites (tertiary alicyclic amines) is 1. The van der Waals surface area contributed by atoms with Gasteiger partial charge >= 0.3 is 5.97 Å². The number of ether oxygens (including phenoxy) is 1. The van der Waals surface area contributed by atoms with Crippen molar-refractivity contribution in [2.45, 2.75) is 38.5 Å². The van der Waals surface area contributed by atoms with Gasteiger partial charge in [0.15, 0.2) is 11.3 Å². The van der Waals surface area contributed by atoms with Crippen molar-refractivity contribution in [3.63, 3.8) is 0 Å². The molecule has 3 aliphatic rings. The van der Waals surface area contributed by atoms with Crippen LogP contribution in [0.4, 0.5) is 11.4 Å². The predicted octanol–water partition coefficient (Wildman–Crippen LogP) is 4.05. The normalized spacial score (nSPS) is 23.3. The molecule has 3 aliphatic heterocycles. The topological polar surface area (TPSA) is 116 Å². The van der Waals surface area contributed by atoms with E-state index in [0.29, 0.717) is 18.7 Å². The predicted molar refractivity (Wildman–Crippen MR) is 166 cm³/mol. The Morgan fingerprint density at radius 2 is 1.66 bits per heavy atom. The number of nitrogens with zero attached hydrogens (tertiary/aromatic N) is 7. The fraction of sp³-hybridized carbons (Fsp3) is 0.424. The quantitative estimate of drug-likeness (QED) is 0.352. The van der Waals surface area contributed by atoms with Crippen molar-refractivity contribution < 1.29 is 19.4 Å². The molecule has 0 saturated carbocycles. The van der Waals surface area contributed by atoms with Gasteiger partial charge in [0.2, 0.25) is 11.7 Å². The number of hydrogen-bond acceptors (Lipinski definition) is 8. The molecule has 4 aromatic rings. The molecule has 228 valence electrons. The van der Waals surface area contributed by atoms with E-state index in [9.17, 15) is 14.7 Å². The fourth-order valence-electron chi connectivity index (χ4n) is 7.28. The summed E-state index contributed by atoms with van der Waals surface area (Å²) in [5.41, 5.74) is 4.86. The number of aromatic nitrogens is 4. The Labute approximate surface area is 256 Å². The smallest absolute Gasteiger partial charge is 0.354 e. The van der Waals surface area contributed by atoms with Gasteiger partial charge in [-0.1, -0.05) is 37.3 Å². The van der Waals surface area contributed by atoms with Gasteiger partial charge in [-0.25, -0.2) is 19.3 Å². The summed E-state index contributed by atoms with van der Waals surface area (Å²) in [5, 5.41) is 14.2. The number of carbonyl (C=O) groups excluding carboxylic acids is 1. The first kappa shape index (κ1) is 28.1. The van der Waals surface area contributed by atoms with Crippen LogP contribution in [0.3, 0.4) is 0 Å². The molecule has 1 aromatic carbocycles. The van der Waals surface area contributed by atoms with Crippen LogP contribution in [0, 0.1) is 12.3 Å². The molecular formula is C33H37N7O4. The second kappa shape index (κ2) is 10.5. The number of rotatable bonds is 6. The number of anilines is 2. The van der Waals surface area contributed by atoms with Crippen molar-refractivity contribution in [3.05, 3.63) is 77.4 Å². The maximum atomic E-state index is 13.7. The van der Waals surface area contributed by atoms with Crippen LogP contribution in [0.1, 0.15) is 58.4 Å². The zero-order chi connectivity index (χ0) is 30.6. The monoisotopic (exact) mass is 595 g/mol. The number of aromatic carboxylic acids is 1. The van der Waals surface area contributed by atoms with E-state index in [1.807, 2.05) is 18.0 Å². The number of pyridine rings is 2. The number of carbonyl (C=O) groups is 2. The number of carboxylic acids is 1. The van der Waals surface area contributed by atoms with Crippen LogP contribution in [0.2, 0.25) is 0 Å². The standard InChI is InChI=1S/C33H37N7O4/c1-22-15-25(37-12-9-32(2,19-37)23-7-5-4-6-8-23)18-40-29(22)35-28(36-40)30(41)39-14-11-33(21-39)10-13-38(20-33)24-16-26(31(42)43)34-27(17-24)44-3/h4-8,15-18H,9-14,19-21H2,1-3H3,(H,42,43)/t32-,33?/m0/s1. The van der Waals surface area contributed by atoms with E-state index in [1.54, 1.807) is 16.6 Å². The van der Waals surface area contributed by atoms with Gasteiger partial charge in [-0.3, -0.25) is 4.79 Å². The Balaban J connectivity index is 1.06. The number of benzene rings is 1. The summed E-state index contributed by atoms with van der Waals surface area (Å²) in [4.78, 5) is 40.4. The largest absolute Gasteiger partial charge is 0.481 e. The van der Waals surface area contributed by atoms with Crippen molar-refractivity contribution in [1.82, 2.24) is 24.5 Å². The summed E-state index contributed by atoms with van der Waals surface area (Å²) in [5.74, 6) is -0.750. The Morgan fingerprint density at radius 1 is 0.909 bits per heavy atom. The second-order valence-corrected chi connectivity index (χ2v) is 12.9. The number of amides is 1. The van der Waals surface area contributed by atoms with E-state index in [2.05, 4.69) is 68.2 Å². The molecule has 1 N–H and O–H groups in total. The van der Waals surface area contributed by atoms with Crippen molar-refractivity contribution in [3.8, 4) is 5.88 Å². The molecule has 3 aromatic heterocycles. The number of carboxylic acid groups (broad SMARTS) is 1. The summed E-state index contributed by atoms with van der Waals surface area (Å²) >= 11 is 0. The van der Waals surface area contributed by atoms with E-state index < -0.39 is 5.97 Å². The summed E-state index contributed by atoms with van der Waals surface area (Å²) < 4.78 is 7.00. The molecule has 44 heavy (non-hydrogen) atoms. The fourth-order valence-corrected chi connectivity index (χ4v) is 7.28. The maximum absolute atomic E-state index is 13.7. The highest BCUT2D eigenvalue weighted by atomic mass is 16.5. The Kier molecular flexibility index (Phi) is 6.71. The van der Waals surface area contributed by atoms with Gasteiger partial charge in [0.25, 0.3) is 5.91 Å². The third-order valence-electron chi connectivity index (χ3n) is 9.85. The summed E-state index contributed by atoms with van der Waals surface area (Å²) in [6.07, 6.45) is 4.84. The van der Waals surface area contributed by atoms with Gasteiger partial charge in [0, 0.05) is 61.9 Å². The minimum absolute atomic E-state index is 0.0464. The highest BCUT2D eigenvalue weighted by Gasteiger charge is 2.45. The number of fused-ring (bicyclic) bond motifs is 1. The zero-order valence-corrected chi connectivity index (χ0v) is 25.4. The maximum Gasteiger partial charge on any atom is 0.354 e. The van der Waals surface area contributed by atoms with E-state index in [-0.39, 0.29) is 34.1 Å². The lowest BCUT2D eigenvalue weighted by Gasteiger charge is -2.26. The van der Waals surface area contributed by atoms with Crippen LogP contribution in [-0.2, 0) is 5.41 Å². The number of aryl methyl sites for hydroxylation is 1. The Hall–Kier alpha value is -4.67. The number of hydrogen-bond donors (Lipinski definition) is 1. The number of methoxy groups -OCH3 is 1. The second-order valence-electron chi connectivity index (χ2n) is 12.9. The van der Waals surface area contributed by atoms with Crippen LogP contribution in [-0.4, -0.2) is 87.8 Å². The van der Waals surface area contributed by atoms with Crippen LogP contribution in [0.15, 0.2) is 54.7 Å². The molecule has 2 atom stereocenters. The molecule has 0 radical (unpaired) electrons. The molecule has 1 spiro atoms. The van der Waals surface area contributed by atoms with Crippen LogP contribution in [0.25, 0.3) is 5.65 Å². The molecule has 1 unspecified atom stereocenters. The zero-order valence-electron chi connectivity index (χ0n) is 25.4. The molecule has 11 heteroatoms. The van der Waals surface area contributed by atoms with Gasteiger partial charge in [-0.2, -0.15) is 0 Å². The molecule has 3 fully saturated rings.